The Hall–Kier alpha value is -2.21. The largest absolute Gasteiger partial charge is 0.465 e. The monoisotopic (exact) mass is 345 g/mol. The molecule has 0 amide bonds. The quantitative estimate of drug-likeness (QED) is 0.670. The van der Waals surface area contributed by atoms with Gasteiger partial charge < -0.3 is 15.2 Å². The van der Waals surface area contributed by atoms with Crippen molar-refractivity contribution in [2.24, 2.45) is 5.73 Å². The summed E-state index contributed by atoms with van der Waals surface area (Å²) in [4.78, 5) is 25.9. The smallest absolute Gasteiger partial charge is 0.340 e. The molecule has 1 aromatic carbocycles. The standard InChI is InChI=1S/C18H19NO4S/c1-22-18(21)16-14(10-6-8-11(24-2)9-7-10)15-12(20)4-3-5-13(15)23-17(16)19/h6-9,14H,3-5,19H2,1-2H3. The molecule has 126 valence electrons. The number of hydrogen-bond acceptors (Lipinski definition) is 6. The molecule has 1 unspecified atom stereocenters. The van der Waals surface area contributed by atoms with E-state index in [1.165, 1.54) is 7.11 Å². The van der Waals surface area contributed by atoms with Gasteiger partial charge in [-0.2, -0.15) is 0 Å². The van der Waals surface area contributed by atoms with Gasteiger partial charge in [0.25, 0.3) is 0 Å². The van der Waals surface area contributed by atoms with Crippen molar-refractivity contribution >= 4 is 23.5 Å². The van der Waals surface area contributed by atoms with Crippen LogP contribution in [0.3, 0.4) is 0 Å². The fourth-order valence-corrected chi connectivity index (χ4v) is 3.60. The average Bonchev–Trinajstić information content (AvgIpc) is 2.60. The number of methoxy groups -OCH3 is 1. The van der Waals surface area contributed by atoms with E-state index in [0.29, 0.717) is 24.2 Å². The molecule has 6 heteroatoms. The number of ketones is 1. The number of esters is 1. The molecule has 1 heterocycles. The average molecular weight is 345 g/mol. The van der Waals surface area contributed by atoms with Crippen LogP contribution in [0.15, 0.2) is 51.9 Å². The Balaban J connectivity index is 2.15. The first-order valence-corrected chi connectivity index (χ1v) is 8.95. The molecule has 1 aliphatic carbocycles. The molecule has 2 N–H and O–H groups in total. The molecule has 0 fully saturated rings. The van der Waals surface area contributed by atoms with Gasteiger partial charge in [-0.05, 0) is 30.4 Å². The normalized spacial score (nSPS) is 20.6. The second-order valence-electron chi connectivity index (χ2n) is 5.69. The zero-order valence-electron chi connectivity index (χ0n) is 13.6. The lowest BCUT2D eigenvalue weighted by Crippen LogP contribution is -2.31. The number of allylic oxidation sites excluding steroid dienone is 2. The summed E-state index contributed by atoms with van der Waals surface area (Å²) in [6.07, 6.45) is 3.83. The zero-order chi connectivity index (χ0) is 17.3. The van der Waals surface area contributed by atoms with Crippen molar-refractivity contribution in [3.05, 3.63) is 52.6 Å². The molecule has 0 saturated heterocycles. The molecule has 3 rings (SSSR count). The third-order valence-electron chi connectivity index (χ3n) is 4.34. The van der Waals surface area contributed by atoms with Crippen molar-refractivity contribution in [3.8, 4) is 0 Å². The third-order valence-corrected chi connectivity index (χ3v) is 5.08. The van der Waals surface area contributed by atoms with Crippen LogP contribution in [0.5, 0.6) is 0 Å². The number of carbonyl (C=O) groups excluding carboxylic acids is 2. The minimum Gasteiger partial charge on any atom is -0.465 e. The number of hydrogen-bond donors (Lipinski definition) is 1. The number of benzene rings is 1. The van der Waals surface area contributed by atoms with E-state index in [0.717, 1.165) is 16.9 Å². The molecule has 1 aromatic rings. The van der Waals surface area contributed by atoms with E-state index < -0.39 is 11.9 Å². The summed E-state index contributed by atoms with van der Waals surface area (Å²) in [5.41, 5.74) is 7.57. The Morgan fingerprint density at radius 3 is 2.62 bits per heavy atom. The number of ether oxygens (including phenoxy) is 2. The van der Waals surface area contributed by atoms with Crippen LogP contribution in [0.4, 0.5) is 0 Å². The van der Waals surface area contributed by atoms with Gasteiger partial charge >= 0.3 is 5.97 Å². The lowest BCUT2D eigenvalue weighted by atomic mass is 9.77. The highest BCUT2D eigenvalue weighted by atomic mass is 32.2. The van der Waals surface area contributed by atoms with Gasteiger partial charge in [-0.3, -0.25) is 4.79 Å². The van der Waals surface area contributed by atoms with Crippen molar-refractivity contribution < 1.29 is 19.1 Å². The molecule has 1 aliphatic heterocycles. The fraction of sp³-hybridized carbons (Fsp3) is 0.333. The van der Waals surface area contributed by atoms with Crippen LogP contribution < -0.4 is 5.73 Å². The van der Waals surface area contributed by atoms with Crippen molar-refractivity contribution in [2.45, 2.75) is 30.1 Å². The summed E-state index contributed by atoms with van der Waals surface area (Å²) >= 11 is 1.63. The molecule has 24 heavy (non-hydrogen) atoms. The van der Waals surface area contributed by atoms with Crippen LogP contribution in [0, 0.1) is 0 Å². The third kappa shape index (κ3) is 2.82. The zero-order valence-corrected chi connectivity index (χ0v) is 14.4. The summed E-state index contributed by atoms with van der Waals surface area (Å²) < 4.78 is 10.5. The summed E-state index contributed by atoms with van der Waals surface area (Å²) in [6, 6.07) is 7.78. The van der Waals surface area contributed by atoms with E-state index >= 15 is 0 Å². The van der Waals surface area contributed by atoms with E-state index in [1.807, 2.05) is 30.5 Å². The Bertz CT molecular complexity index is 749. The lowest BCUT2D eigenvalue weighted by Gasteiger charge is -2.32. The predicted molar refractivity (Wildman–Crippen MR) is 91.2 cm³/mol. The number of rotatable bonds is 3. The number of Topliss-reactive ketones (excluding diaryl/α,β-unsaturated/α-hetero) is 1. The molecular formula is C18H19NO4S. The first kappa shape index (κ1) is 16.6. The summed E-state index contributed by atoms with van der Waals surface area (Å²) in [5, 5.41) is 0. The maximum atomic E-state index is 12.5. The van der Waals surface area contributed by atoms with E-state index in [9.17, 15) is 9.59 Å². The van der Waals surface area contributed by atoms with E-state index in [-0.39, 0.29) is 17.2 Å². The maximum Gasteiger partial charge on any atom is 0.340 e. The van der Waals surface area contributed by atoms with Gasteiger partial charge in [-0.15, -0.1) is 11.8 Å². The van der Waals surface area contributed by atoms with E-state index in [1.54, 1.807) is 11.8 Å². The van der Waals surface area contributed by atoms with Crippen molar-refractivity contribution in [3.63, 3.8) is 0 Å². The highest BCUT2D eigenvalue weighted by Crippen LogP contribution is 2.44. The first-order valence-electron chi connectivity index (χ1n) is 7.72. The number of thioether (sulfide) groups is 1. The summed E-state index contributed by atoms with van der Waals surface area (Å²) in [7, 11) is 1.29. The summed E-state index contributed by atoms with van der Waals surface area (Å²) in [6.45, 7) is 0. The molecule has 0 bridgehead atoms. The highest BCUT2D eigenvalue weighted by molar-refractivity contribution is 7.98. The topological polar surface area (TPSA) is 78.6 Å². The Morgan fingerprint density at radius 1 is 1.29 bits per heavy atom. The molecule has 0 radical (unpaired) electrons. The second-order valence-corrected chi connectivity index (χ2v) is 6.57. The SMILES string of the molecule is COC(=O)C1=C(N)OC2=C(C(=O)CCC2)C1c1ccc(SC)cc1. The maximum absolute atomic E-state index is 12.5. The second kappa shape index (κ2) is 6.73. The Labute approximate surface area is 144 Å². The van der Waals surface area contributed by atoms with Gasteiger partial charge in [0.2, 0.25) is 5.88 Å². The van der Waals surface area contributed by atoms with Crippen LogP contribution >= 0.6 is 11.8 Å². The molecule has 0 aromatic heterocycles. The predicted octanol–water partition coefficient (Wildman–Crippen LogP) is 2.87. The Morgan fingerprint density at radius 2 is 2.00 bits per heavy atom. The van der Waals surface area contributed by atoms with Gasteiger partial charge in [0.15, 0.2) is 5.78 Å². The number of carbonyl (C=O) groups is 2. The molecule has 2 aliphatic rings. The Kier molecular flexibility index (Phi) is 4.66. The van der Waals surface area contributed by atoms with Crippen molar-refractivity contribution in [1.29, 1.82) is 0 Å². The van der Waals surface area contributed by atoms with E-state index in [2.05, 4.69) is 0 Å². The van der Waals surface area contributed by atoms with Gasteiger partial charge in [0, 0.05) is 23.3 Å². The van der Waals surface area contributed by atoms with Crippen LogP contribution in [0.2, 0.25) is 0 Å². The van der Waals surface area contributed by atoms with Gasteiger partial charge in [-0.25, -0.2) is 4.79 Å². The van der Waals surface area contributed by atoms with Crippen LogP contribution in [-0.4, -0.2) is 25.1 Å². The van der Waals surface area contributed by atoms with Crippen LogP contribution in [0.25, 0.3) is 0 Å². The molecule has 0 spiro atoms. The molecular weight excluding hydrogens is 326 g/mol. The molecule has 0 saturated carbocycles. The van der Waals surface area contributed by atoms with Crippen molar-refractivity contribution in [1.82, 2.24) is 0 Å². The highest BCUT2D eigenvalue weighted by Gasteiger charge is 2.40. The van der Waals surface area contributed by atoms with Gasteiger partial charge in [0.1, 0.15) is 11.3 Å². The molecule has 5 nitrogen and oxygen atoms in total. The lowest BCUT2D eigenvalue weighted by molar-refractivity contribution is -0.136. The van der Waals surface area contributed by atoms with Crippen LogP contribution in [0.1, 0.15) is 30.7 Å². The van der Waals surface area contributed by atoms with Crippen molar-refractivity contribution in [2.75, 3.05) is 13.4 Å². The minimum atomic E-state index is -0.573. The number of nitrogens with two attached hydrogens (primary N) is 1. The fourth-order valence-electron chi connectivity index (χ4n) is 3.19. The minimum absolute atomic E-state index is 0.00379. The first-order chi connectivity index (χ1) is 11.6. The van der Waals surface area contributed by atoms with Gasteiger partial charge in [0.05, 0.1) is 13.0 Å². The van der Waals surface area contributed by atoms with E-state index in [4.69, 9.17) is 15.2 Å². The van der Waals surface area contributed by atoms with Gasteiger partial charge in [-0.1, -0.05) is 12.1 Å². The summed E-state index contributed by atoms with van der Waals surface area (Å²) in [5.74, 6) is -0.505. The van der Waals surface area contributed by atoms with Crippen LogP contribution in [-0.2, 0) is 19.1 Å². The molecule has 1 atom stereocenters.